The van der Waals surface area contributed by atoms with E-state index in [4.69, 9.17) is 0 Å². The summed E-state index contributed by atoms with van der Waals surface area (Å²) in [4.78, 5) is 10.6. The minimum Gasteiger partial charge on any atom is -0.296 e. The van der Waals surface area contributed by atoms with E-state index in [1.807, 2.05) is 12.1 Å². The van der Waals surface area contributed by atoms with Crippen LogP contribution in [0.25, 0.3) is 10.9 Å². The molecule has 0 aliphatic heterocycles. The van der Waals surface area contributed by atoms with Crippen molar-refractivity contribution in [1.29, 1.82) is 0 Å². The van der Waals surface area contributed by atoms with Crippen molar-refractivity contribution in [2.24, 2.45) is 0 Å². The molecule has 0 amide bonds. The van der Waals surface area contributed by atoms with Crippen LogP contribution in [0.3, 0.4) is 0 Å². The van der Waals surface area contributed by atoms with Gasteiger partial charge in [0.05, 0.1) is 5.52 Å². The number of hydrogen-bond acceptors (Lipinski definition) is 2. The summed E-state index contributed by atoms with van der Waals surface area (Å²) in [5.41, 5.74) is 1.34. The second-order valence-electron chi connectivity index (χ2n) is 2.54. The molecule has 1 aromatic carbocycles. The van der Waals surface area contributed by atoms with Crippen molar-refractivity contribution in [3.63, 3.8) is 0 Å². The molecule has 5 heteroatoms. The average Bonchev–Trinajstić information content (AvgIpc) is 2.47. The predicted octanol–water partition coefficient (Wildman–Crippen LogP) is 2.74. The minimum absolute atomic E-state index is 0.534. The number of nitrogens with one attached hydrogen (secondary N) is 1. The van der Waals surface area contributed by atoms with Gasteiger partial charge in [-0.25, -0.2) is 0 Å². The molecule has 1 aromatic heterocycles. The molecule has 2 rings (SSSR count). The highest BCUT2D eigenvalue weighted by molar-refractivity contribution is 14.1. The molecule has 0 aliphatic carbocycles. The van der Waals surface area contributed by atoms with Crippen molar-refractivity contribution in [1.82, 2.24) is 10.2 Å². The van der Waals surface area contributed by atoms with E-state index in [9.17, 15) is 4.79 Å². The Labute approximate surface area is 96.2 Å². The topological polar surface area (TPSA) is 45.8 Å². The number of halogens is 2. The summed E-state index contributed by atoms with van der Waals surface area (Å²) in [7, 11) is 0. The number of hydrogen-bond donors (Lipinski definition) is 1. The molecule has 0 spiro atoms. The van der Waals surface area contributed by atoms with Gasteiger partial charge in [0.1, 0.15) is 5.69 Å². The van der Waals surface area contributed by atoms with Crippen LogP contribution in [0.1, 0.15) is 10.5 Å². The molecule has 13 heavy (non-hydrogen) atoms. The maximum Gasteiger partial charge on any atom is 0.168 e. The van der Waals surface area contributed by atoms with E-state index in [-0.39, 0.29) is 0 Å². The Morgan fingerprint density at radius 3 is 3.00 bits per heavy atom. The first-order valence-corrected chi connectivity index (χ1v) is 5.38. The smallest absolute Gasteiger partial charge is 0.168 e. The van der Waals surface area contributed by atoms with Gasteiger partial charge in [0.15, 0.2) is 6.29 Å². The number of aromatic nitrogens is 2. The Bertz CT molecular complexity index is 480. The summed E-state index contributed by atoms with van der Waals surface area (Å²) >= 11 is 5.55. The Balaban J connectivity index is 2.89. The normalized spacial score (nSPS) is 10.6. The van der Waals surface area contributed by atoms with E-state index in [0.29, 0.717) is 5.69 Å². The molecule has 0 saturated carbocycles. The second-order valence-corrected chi connectivity index (χ2v) is 4.61. The van der Waals surface area contributed by atoms with Gasteiger partial charge in [0.2, 0.25) is 0 Å². The molecule has 0 bridgehead atoms. The third kappa shape index (κ3) is 1.50. The number of aldehydes is 1. The minimum atomic E-state index is 0.534. The van der Waals surface area contributed by atoms with E-state index in [0.717, 1.165) is 25.2 Å². The van der Waals surface area contributed by atoms with Crippen molar-refractivity contribution < 1.29 is 4.79 Å². The lowest BCUT2D eigenvalue weighted by Crippen LogP contribution is -1.81. The van der Waals surface area contributed by atoms with Gasteiger partial charge >= 0.3 is 0 Å². The SMILES string of the molecule is O=Cc1[nH]nc2cc(Br)cc(I)c12. The quantitative estimate of drug-likeness (QED) is 0.635. The van der Waals surface area contributed by atoms with Crippen molar-refractivity contribution in [2.45, 2.75) is 0 Å². The Hall–Kier alpha value is -0.430. The summed E-state index contributed by atoms with van der Waals surface area (Å²) in [5.74, 6) is 0. The Kier molecular flexibility index (Phi) is 2.37. The Morgan fingerprint density at radius 1 is 1.54 bits per heavy atom. The molecule has 1 heterocycles. The molecule has 1 N–H and O–H groups in total. The van der Waals surface area contributed by atoms with Crippen LogP contribution in [0.4, 0.5) is 0 Å². The number of H-pyrrole nitrogens is 1. The number of carbonyl (C=O) groups is 1. The highest BCUT2D eigenvalue weighted by Crippen LogP contribution is 2.25. The summed E-state index contributed by atoms with van der Waals surface area (Å²) in [6, 6.07) is 3.83. The van der Waals surface area contributed by atoms with E-state index >= 15 is 0 Å². The first kappa shape index (κ1) is 9.14. The molecule has 0 unspecified atom stereocenters. The van der Waals surface area contributed by atoms with Gasteiger partial charge in [-0.05, 0) is 34.7 Å². The fraction of sp³-hybridized carbons (Fsp3) is 0. The summed E-state index contributed by atoms with van der Waals surface area (Å²) in [5, 5.41) is 7.60. The first-order chi connectivity index (χ1) is 6.22. The summed E-state index contributed by atoms with van der Waals surface area (Å²) in [6.45, 7) is 0. The lowest BCUT2D eigenvalue weighted by atomic mass is 10.2. The highest BCUT2D eigenvalue weighted by Gasteiger charge is 2.08. The van der Waals surface area contributed by atoms with Crippen LogP contribution >= 0.6 is 38.5 Å². The fourth-order valence-corrected chi connectivity index (χ4v) is 2.95. The number of rotatable bonds is 1. The zero-order valence-electron chi connectivity index (χ0n) is 6.34. The third-order valence-electron chi connectivity index (χ3n) is 1.72. The molecule has 0 aliphatic rings. The van der Waals surface area contributed by atoms with Crippen LogP contribution in [0.5, 0.6) is 0 Å². The van der Waals surface area contributed by atoms with E-state index in [1.165, 1.54) is 0 Å². The number of benzene rings is 1. The van der Waals surface area contributed by atoms with E-state index in [2.05, 4.69) is 48.7 Å². The predicted molar refractivity (Wildman–Crippen MR) is 61.9 cm³/mol. The summed E-state index contributed by atoms with van der Waals surface area (Å²) in [6.07, 6.45) is 0.783. The molecule has 0 saturated heterocycles. The van der Waals surface area contributed by atoms with E-state index in [1.54, 1.807) is 0 Å². The van der Waals surface area contributed by atoms with Gasteiger partial charge in [-0.1, -0.05) is 15.9 Å². The Morgan fingerprint density at radius 2 is 2.31 bits per heavy atom. The molecular weight excluding hydrogens is 347 g/mol. The lowest BCUT2D eigenvalue weighted by molar-refractivity contribution is 0.112. The largest absolute Gasteiger partial charge is 0.296 e. The molecule has 0 atom stereocenters. The van der Waals surface area contributed by atoms with E-state index < -0.39 is 0 Å². The van der Waals surface area contributed by atoms with Crippen molar-refractivity contribution >= 4 is 55.7 Å². The maximum atomic E-state index is 10.6. The molecule has 2 aromatic rings. The van der Waals surface area contributed by atoms with Crippen LogP contribution in [0, 0.1) is 3.57 Å². The first-order valence-electron chi connectivity index (χ1n) is 3.50. The molecule has 3 nitrogen and oxygen atoms in total. The number of aromatic amines is 1. The van der Waals surface area contributed by atoms with Crippen LogP contribution in [-0.4, -0.2) is 16.5 Å². The van der Waals surface area contributed by atoms with Crippen molar-refractivity contribution in [2.75, 3.05) is 0 Å². The van der Waals surface area contributed by atoms with Gasteiger partial charge < -0.3 is 0 Å². The number of nitrogens with zero attached hydrogens (tertiary/aromatic N) is 1. The van der Waals surface area contributed by atoms with Gasteiger partial charge in [-0.2, -0.15) is 5.10 Å². The second kappa shape index (κ2) is 3.38. The van der Waals surface area contributed by atoms with Crippen LogP contribution < -0.4 is 0 Å². The van der Waals surface area contributed by atoms with Crippen LogP contribution in [0.15, 0.2) is 16.6 Å². The fourth-order valence-electron chi connectivity index (χ4n) is 1.18. The molecule has 66 valence electrons. The zero-order valence-corrected chi connectivity index (χ0v) is 10.1. The standard InChI is InChI=1S/C8H4BrIN2O/c9-4-1-5(10)8-6(2-4)11-12-7(8)3-13/h1-3H,(H,11,12). The van der Waals surface area contributed by atoms with Gasteiger partial charge in [0, 0.05) is 13.4 Å². The van der Waals surface area contributed by atoms with Crippen molar-refractivity contribution in [3.8, 4) is 0 Å². The van der Waals surface area contributed by atoms with Crippen molar-refractivity contribution in [3.05, 3.63) is 25.9 Å². The zero-order chi connectivity index (χ0) is 9.42. The molecule has 0 radical (unpaired) electrons. The van der Waals surface area contributed by atoms with Gasteiger partial charge in [0.25, 0.3) is 0 Å². The van der Waals surface area contributed by atoms with Crippen LogP contribution in [-0.2, 0) is 0 Å². The van der Waals surface area contributed by atoms with Crippen LogP contribution in [0.2, 0.25) is 0 Å². The number of fused-ring (bicyclic) bond motifs is 1. The van der Waals surface area contributed by atoms with Gasteiger partial charge in [-0.3, -0.25) is 9.89 Å². The monoisotopic (exact) mass is 350 g/mol. The third-order valence-corrected chi connectivity index (χ3v) is 3.03. The molecule has 0 fully saturated rings. The average molecular weight is 351 g/mol. The summed E-state index contributed by atoms with van der Waals surface area (Å²) < 4.78 is 1.98. The molecular formula is C8H4BrIN2O. The highest BCUT2D eigenvalue weighted by atomic mass is 127. The maximum absolute atomic E-state index is 10.6. The number of carbonyl (C=O) groups excluding carboxylic acids is 1. The lowest BCUT2D eigenvalue weighted by Gasteiger charge is -1.94. The van der Waals surface area contributed by atoms with Gasteiger partial charge in [-0.15, -0.1) is 0 Å².